The lowest BCUT2D eigenvalue weighted by atomic mass is 10.2. The van der Waals surface area contributed by atoms with Crippen molar-refractivity contribution in [2.24, 2.45) is 0 Å². The van der Waals surface area contributed by atoms with Crippen molar-refractivity contribution in [3.63, 3.8) is 0 Å². The molecule has 0 unspecified atom stereocenters. The van der Waals surface area contributed by atoms with Crippen molar-refractivity contribution in [3.05, 3.63) is 27.3 Å². The second-order valence-electron chi connectivity index (χ2n) is 2.46. The summed E-state index contributed by atoms with van der Waals surface area (Å²) in [5, 5.41) is 0. The van der Waals surface area contributed by atoms with Crippen LogP contribution in [0.5, 0.6) is 0 Å². The summed E-state index contributed by atoms with van der Waals surface area (Å²) in [6, 6.07) is 5.11. The maximum absolute atomic E-state index is 11.3. The zero-order valence-electron chi connectivity index (χ0n) is 7.21. The summed E-state index contributed by atoms with van der Waals surface area (Å²) in [6.07, 6.45) is 0. The summed E-state index contributed by atoms with van der Waals surface area (Å²) in [4.78, 5) is 11.3. The van der Waals surface area contributed by atoms with Gasteiger partial charge in [0.1, 0.15) is 0 Å². The third-order valence-electron chi connectivity index (χ3n) is 1.49. The largest absolute Gasteiger partial charge is 0.462 e. The van der Waals surface area contributed by atoms with Crippen molar-refractivity contribution in [2.75, 3.05) is 12.3 Å². The molecule has 0 radical (unpaired) electrons. The van der Waals surface area contributed by atoms with Gasteiger partial charge in [0.05, 0.1) is 12.2 Å². The van der Waals surface area contributed by atoms with E-state index in [1.54, 1.807) is 25.1 Å². The number of anilines is 1. The number of ether oxygens (including phenoxy) is 1. The van der Waals surface area contributed by atoms with Gasteiger partial charge in [0.25, 0.3) is 0 Å². The van der Waals surface area contributed by atoms with Crippen LogP contribution in [0.15, 0.2) is 18.2 Å². The van der Waals surface area contributed by atoms with Gasteiger partial charge >= 0.3 is 5.97 Å². The maximum Gasteiger partial charge on any atom is 0.339 e. The van der Waals surface area contributed by atoms with Gasteiger partial charge in [0.15, 0.2) is 0 Å². The predicted molar refractivity (Wildman–Crippen MR) is 59.5 cm³/mol. The van der Waals surface area contributed by atoms with Crippen molar-refractivity contribution in [3.8, 4) is 0 Å². The van der Waals surface area contributed by atoms with Crippen molar-refractivity contribution >= 4 is 34.2 Å². The average molecular weight is 291 g/mol. The molecule has 0 atom stereocenters. The van der Waals surface area contributed by atoms with E-state index < -0.39 is 0 Å². The Kier molecular flexibility index (Phi) is 3.53. The normalized spacial score (nSPS) is 9.69. The molecular weight excluding hydrogens is 281 g/mol. The molecule has 4 heteroatoms. The van der Waals surface area contributed by atoms with Crippen LogP contribution in [0.1, 0.15) is 17.3 Å². The van der Waals surface area contributed by atoms with Gasteiger partial charge in [-0.25, -0.2) is 4.79 Å². The Morgan fingerprint density at radius 1 is 1.62 bits per heavy atom. The number of nitrogen functional groups attached to an aromatic ring is 1. The highest BCUT2D eigenvalue weighted by atomic mass is 127. The van der Waals surface area contributed by atoms with Crippen LogP contribution >= 0.6 is 22.6 Å². The monoisotopic (exact) mass is 291 g/mol. The van der Waals surface area contributed by atoms with Gasteiger partial charge in [0.2, 0.25) is 0 Å². The molecule has 0 amide bonds. The lowest BCUT2D eigenvalue weighted by Gasteiger charge is -2.04. The molecule has 13 heavy (non-hydrogen) atoms. The molecule has 70 valence electrons. The third kappa shape index (κ3) is 2.58. The Hall–Kier alpha value is -0.780. The van der Waals surface area contributed by atoms with Crippen LogP contribution in [0.3, 0.4) is 0 Å². The molecule has 0 spiro atoms. The first-order valence-corrected chi connectivity index (χ1v) is 4.95. The molecule has 0 saturated carbocycles. The van der Waals surface area contributed by atoms with Crippen LogP contribution in [0.2, 0.25) is 0 Å². The molecule has 0 bridgehead atoms. The molecule has 0 fully saturated rings. The molecule has 0 heterocycles. The van der Waals surface area contributed by atoms with E-state index in [0.29, 0.717) is 17.9 Å². The highest BCUT2D eigenvalue weighted by Gasteiger charge is 2.09. The maximum atomic E-state index is 11.3. The van der Waals surface area contributed by atoms with Crippen molar-refractivity contribution < 1.29 is 9.53 Å². The summed E-state index contributed by atoms with van der Waals surface area (Å²) >= 11 is 2.06. The quantitative estimate of drug-likeness (QED) is 0.515. The zero-order chi connectivity index (χ0) is 9.84. The molecule has 0 aliphatic rings. The highest BCUT2D eigenvalue weighted by Crippen LogP contribution is 2.16. The van der Waals surface area contributed by atoms with Crippen LogP contribution in [-0.4, -0.2) is 12.6 Å². The molecule has 1 aromatic carbocycles. The lowest BCUT2D eigenvalue weighted by Crippen LogP contribution is -2.06. The van der Waals surface area contributed by atoms with E-state index in [2.05, 4.69) is 22.6 Å². The van der Waals surface area contributed by atoms with E-state index in [0.717, 1.165) is 3.57 Å². The molecule has 3 nitrogen and oxygen atoms in total. The van der Waals surface area contributed by atoms with Gasteiger partial charge in [0, 0.05) is 9.26 Å². The smallest absolute Gasteiger partial charge is 0.339 e. The fourth-order valence-corrected chi connectivity index (χ4v) is 1.67. The summed E-state index contributed by atoms with van der Waals surface area (Å²) < 4.78 is 5.68. The van der Waals surface area contributed by atoms with E-state index in [9.17, 15) is 4.79 Å². The lowest BCUT2D eigenvalue weighted by molar-refractivity contribution is 0.0525. The minimum atomic E-state index is -0.299. The molecule has 1 rings (SSSR count). The van der Waals surface area contributed by atoms with Crippen molar-refractivity contribution in [2.45, 2.75) is 6.92 Å². The number of carbonyl (C=O) groups excluding carboxylic acids is 1. The topological polar surface area (TPSA) is 52.3 Å². The van der Waals surface area contributed by atoms with Crippen LogP contribution < -0.4 is 5.73 Å². The van der Waals surface area contributed by atoms with Crippen LogP contribution in [0.4, 0.5) is 5.69 Å². The summed E-state index contributed by atoms with van der Waals surface area (Å²) in [5.41, 5.74) is 6.76. The van der Waals surface area contributed by atoms with Crippen LogP contribution in [-0.2, 0) is 4.74 Å². The minimum absolute atomic E-state index is 0.299. The van der Waals surface area contributed by atoms with Gasteiger partial charge in [-0.05, 0) is 47.7 Å². The average Bonchev–Trinajstić information content (AvgIpc) is 2.04. The molecule has 1 aromatic rings. The fraction of sp³-hybridized carbons (Fsp3) is 0.222. The van der Waals surface area contributed by atoms with Gasteiger partial charge < -0.3 is 10.5 Å². The predicted octanol–water partition coefficient (Wildman–Crippen LogP) is 2.05. The molecule has 2 N–H and O–H groups in total. The van der Waals surface area contributed by atoms with E-state index >= 15 is 0 Å². The summed E-state index contributed by atoms with van der Waals surface area (Å²) in [5.74, 6) is -0.299. The second-order valence-corrected chi connectivity index (χ2v) is 3.62. The number of rotatable bonds is 2. The Morgan fingerprint density at radius 3 is 2.85 bits per heavy atom. The second kappa shape index (κ2) is 4.45. The number of hydrogen-bond donors (Lipinski definition) is 1. The SMILES string of the molecule is CCOC(=O)c1ccc(N)cc1I. The van der Waals surface area contributed by atoms with E-state index in [1.807, 2.05) is 0 Å². The molecule has 0 saturated heterocycles. The first-order valence-electron chi connectivity index (χ1n) is 3.87. The number of esters is 1. The number of benzene rings is 1. The highest BCUT2D eigenvalue weighted by molar-refractivity contribution is 14.1. The number of carbonyl (C=O) groups is 1. The Bertz CT molecular complexity index is 325. The molecular formula is C9H10INO2. The summed E-state index contributed by atoms with van der Waals surface area (Å²) in [6.45, 7) is 2.17. The Labute approximate surface area is 90.4 Å². The van der Waals surface area contributed by atoms with Crippen LogP contribution in [0, 0.1) is 3.57 Å². The van der Waals surface area contributed by atoms with E-state index in [1.165, 1.54) is 0 Å². The van der Waals surface area contributed by atoms with Gasteiger partial charge in [-0.3, -0.25) is 0 Å². The van der Waals surface area contributed by atoms with Crippen molar-refractivity contribution in [1.82, 2.24) is 0 Å². The van der Waals surface area contributed by atoms with E-state index in [4.69, 9.17) is 10.5 Å². The fourth-order valence-electron chi connectivity index (χ4n) is 0.906. The number of halogens is 1. The first-order chi connectivity index (χ1) is 6.15. The zero-order valence-corrected chi connectivity index (χ0v) is 9.37. The van der Waals surface area contributed by atoms with E-state index in [-0.39, 0.29) is 5.97 Å². The van der Waals surface area contributed by atoms with Crippen LogP contribution in [0.25, 0.3) is 0 Å². The molecule has 0 aliphatic carbocycles. The number of hydrogen-bond acceptors (Lipinski definition) is 3. The first kappa shape index (κ1) is 10.3. The van der Waals surface area contributed by atoms with Gasteiger partial charge in [-0.15, -0.1) is 0 Å². The third-order valence-corrected chi connectivity index (χ3v) is 2.38. The van der Waals surface area contributed by atoms with Gasteiger partial charge in [-0.2, -0.15) is 0 Å². The van der Waals surface area contributed by atoms with Gasteiger partial charge in [-0.1, -0.05) is 0 Å². The Balaban J connectivity index is 2.95. The minimum Gasteiger partial charge on any atom is -0.462 e. The van der Waals surface area contributed by atoms with Crippen molar-refractivity contribution in [1.29, 1.82) is 0 Å². The Morgan fingerprint density at radius 2 is 2.31 bits per heavy atom. The summed E-state index contributed by atoms with van der Waals surface area (Å²) in [7, 11) is 0. The molecule has 0 aliphatic heterocycles. The number of nitrogens with two attached hydrogens (primary N) is 1. The standard InChI is InChI=1S/C9H10INO2/c1-2-13-9(12)7-4-3-6(11)5-8(7)10/h3-5H,2,11H2,1H3. The molecule has 0 aromatic heterocycles.